The highest BCUT2D eigenvalue weighted by molar-refractivity contribution is 5.76. The number of carbonyl (C=O) groups is 2. The first-order chi connectivity index (χ1) is 9.58. The number of hydrogen-bond acceptors (Lipinski definition) is 2. The molecule has 1 saturated heterocycles. The highest BCUT2D eigenvalue weighted by Gasteiger charge is 2.33. The van der Waals surface area contributed by atoms with Crippen LogP contribution in [0.15, 0.2) is 0 Å². The van der Waals surface area contributed by atoms with Crippen molar-refractivity contribution >= 4 is 12.0 Å². The normalized spacial score (nSPS) is 26.9. The van der Waals surface area contributed by atoms with Gasteiger partial charge in [-0.25, -0.2) is 4.79 Å². The van der Waals surface area contributed by atoms with Crippen LogP contribution in [0.1, 0.15) is 51.9 Å². The zero-order valence-electron chi connectivity index (χ0n) is 12.3. The summed E-state index contributed by atoms with van der Waals surface area (Å²) in [6.07, 6.45) is 7.35. The molecule has 2 rings (SSSR count). The zero-order valence-corrected chi connectivity index (χ0v) is 12.3. The van der Waals surface area contributed by atoms with E-state index in [0.29, 0.717) is 19.1 Å². The molecule has 0 unspecified atom stereocenters. The average molecular weight is 282 g/mol. The summed E-state index contributed by atoms with van der Waals surface area (Å²) in [5, 5.41) is 11.8. The third kappa shape index (κ3) is 4.12. The number of urea groups is 1. The number of carbonyl (C=O) groups excluding carboxylic acids is 1. The van der Waals surface area contributed by atoms with Gasteiger partial charge in [-0.15, -0.1) is 0 Å². The van der Waals surface area contributed by atoms with Crippen LogP contribution in [-0.4, -0.2) is 41.1 Å². The van der Waals surface area contributed by atoms with Gasteiger partial charge in [0.15, 0.2) is 0 Å². The second-order valence-corrected chi connectivity index (χ2v) is 6.32. The third-order valence-electron chi connectivity index (χ3n) is 4.58. The minimum Gasteiger partial charge on any atom is -0.481 e. The van der Waals surface area contributed by atoms with Crippen LogP contribution in [0.5, 0.6) is 0 Å². The van der Waals surface area contributed by atoms with Gasteiger partial charge < -0.3 is 15.3 Å². The van der Waals surface area contributed by atoms with Gasteiger partial charge in [-0.1, -0.05) is 19.8 Å². The quantitative estimate of drug-likeness (QED) is 0.813. The fraction of sp³-hybridized carbons (Fsp3) is 0.867. The van der Waals surface area contributed by atoms with E-state index in [0.717, 1.165) is 18.8 Å². The van der Waals surface area contributed by atoms with E-state index in [1.807, 2.05) is 0 Å². The van der Waals surface area contributed by atoms with Crippen molar-refractivity contribution in [2.75, 3.05) is 13.1 Å². The molecule has 1 saturated carbocycles. The Morgan fingerprint density at radius 3 is 2.35 bits per heavy atom. The number of nitrogens with zero attached hydrogens (tertiary/aromatic N) is 1. The summed E-state index contributed by atoms with van der Waals surface area (Å²) < 4.78 is 0. The van der Waals surface area contributed by atoms with Crippen LogP contribution in [0.25, 0.3) is 0 Å². The Hall–Kier alpha value is -1.26. The number of carboxylic acids is 1. The standard InChI is InChI=1S/C15H26N2O3/c1-2-3-11-4-6-13(7-5-11)16-15(20)17-9-12(10-17)8-14(18)19/h11-13H,2-10H2,1H3,(H,16,20)(H,18,19). The fourth-order valence-electron chi connectivity index (χ4n) is 3.38. The molecule has 2 amide bonds. The molecule has 20 heavy (non-hydrogen) atoms. The fourth-order valence-corrected chi connectivity index (χ4v) is 3.38. The van der Waals surface area contributed by atoms with E-state index >= 15 is 0 Å². The SMILES string of the molecule is CCCC1CCC(NC(=O)N2CC(CC(=O)O)C2)CC1. The molecule has 0 radical (unpaired) electrons. The predicted octanol–water partition coefficient (Wildman–Crippen LogP) is 2.46. The molecule has 0 aromatic rings. The molecule has 5 heteroatoms. The van der Waals surface area contributed by atoms with Crippen LogP contribution in [0.4, 0.5) is 4.79 Å². The number of rotatable bonds is 5. The minimum absolute atomic E-state index is 0.00872. The molecule has 0 aromatic carbocycles. The molecule has 0 spiro atoms. The topological polar surface area (TPSA) is 69.6 Å². The second kappa shape index (κ2) is 6.95. The average Bonchev–Trinajstić information content (AvgIpc) is 2.35. The summed E-state index contributed by atoms with van der Waals surface area (Å²) in [4.78, 5) is 24.3. The Labute approximate surface area is 120 Å². The van der Waals surface area contributed by atoms with Gasteiger partial charge in [-0.05, 0) is 31.6 Å². The lowest BCUT2D eigenvalue weighted by Crippen LogP contribution is -2.56. The summed E-state index contributed by atoms with van der Waals surface area (Å²) in [7, 11) is 0. The van der Waals surface area contributed by atoms with E-state index < -0.39 is 5.97 Å². The molecule has 1 aliphatic heterocycles. The summed E-state index contributed by atoms with van der Waals surface area (Å²) in [5.41, 5.74) is 0. The van der Waals surface area contributed by atoms with E-state index in [9.17, 15) is 9.59 Å². The van der Waals surface area contributed by atoms with Crippen molar-refractivity contribution < 1.29 is 14.7 Å². The molecular weight excluding hydrogens is 256 g/mol. The van der Waals surface area contributed by atoms with Crippen LogP contribution in [-0.2, 0) is 4.79 Å². The van der Waals surface area contributed by atoms with Gasteiger partial charge in [0, 0.05) is 25.0 Å². The van der Waals surface area contributed by atoms with Gasteiger partial charge in [0.2, 0.25) is 0 Å². The Balaban J connectivity index is 1.63. The molecule has 0 bridgehead atoms. The van der Waals surface area contributed by atoms with Crippen molar-refractivity contribution in [3.05, 3.63) is 0 Å². The first kappa shape index (κ1) is 15.1. The molecule has 0 atom stereocenters. The van der Waals surface area contributed by atoms with E-state index in [1.54, 1.807) is 4.90 Å². The summed E-state index contributed by atoms with van der Waals surface area (Å²) in [6.45, 7) is 3.40. The molecule has 114 valence electrons. The smallest absolute Gasteiger partial charge is 0.317 e. The lowest BCUT2D eigenvalue weighted by molar-refractivity contribution is -0.139. The maximum absolute atomic E-state index is 12.0. The van der Waals surface area contributed by atoms with E-state index in [4.69, 9.17) is 5.11 Å². The van der Waals surface area contributed by atoms with Crippen LogP contribution in [0.2, 0.25) is 0 Å². The van der Waals surface area contributed by atoms with Gasteiger partial charge in [-0.2, -0.15) is 0 Å². The van der Waals surface area contributed by atoms with Gasteiger partial charge in [0.1, 0.15) is 0 Å². The molecule has 2 N–H and O–H groups in total. The summed E-state index contributed by atoms with van der Waals surface area (Å²) >= 11 is 0. The predicted molar refractivity (Wildman–Crippen MR) is 76.5 cm³/mol. The Morgan fingerprint density at radius 1 is 1.15 bits per heavy atom. The highest BCUT2D eigenvalue weighted by atomic mass is 16.4. The molecular formula is C15H26N2O3. The summed E-state index contributed by atoms with van der Waals surface area (Å²) in [5.74, 6) is 0.208. The molecule has 2 fully saturated rings. The molecule has 2 aliphatic rings. The van der Waals surface area contributed by atoms with E-state index in [1.165, 1.54) is 25.7 Å². The van der Waals surface area contributed by atoms with Crippen molar-refractivity contribution in [3.8, 4) is 0 Å². The van der Waals surface area contributed by atoms with Crippen molar-refractivity contribution in [2.24, 2.45) is 11.8 Å². The van der Waals surface area contributed by atoms with Gasteiger partial charge >= 0.3 is 12.0 Å². The van der Waals surface area contributed by atoms with Crippen LogP contribution >= 0.6 is 0 Å². The number of aliphatic carboxylic acids is 1. The van der Waals surface area contributed by atoms with E-state index in [2.05, 4.69) is 12.2 Å². The molecule has 1 aliphatic carbocycles. The maximum Gasteiger partial charge on any atom is 0.317 e. The monoisotopic (exact) mass is 282 g/mol. The highest BCUT2D eigenvalue weighted by Crippen LogP contribution is 2.28. The maximum atomic E-state index is 12.0. The lowest BCUT2D eigenvalue weighted by Gasteiger charge is -2.40. The van der Waals surface area contributed by atoms with Crippen molar-refractivity contribution in [1.82, 2.24) is 10.2 Å². The second-order valence-electron chi connectivity index (χ2n) is 6.32. The molecule has 0 aromatic heterocycles. The van der Waals surface area contributed by atoms with Crippen molar-refractivity contribution in [3.63, 3.8) is 0 Å². The number of likely N-dealkylation sites (tertiary alicyclic amines) is 1. The summed E-state index contributed by atoms with van der Waals surface area (Å²) in [6, 6.07) is 0.305. The number of nitrogens with one attached hydrogen (secondary N) is 1. The number of amides is 2. The number of hydrogen-bond donors (Lipinski definition) is 2. The number of carboxylic acid groups (broad SMARTS) is 1. The first-order valence-electron chi connectivity index (χ1n) is 7.85. The van der Waals surface area contributed by atoms with Crippen LogP contribution in [0, 0.1) is 11.8 Å². The third-order valence-corrected chi connectivity index (χ3v) is 4.58. The van der Waals surface area contributed by atoms with Crippen molar-refractivity contribution in [2.45, 2.75) is 57.9 Å². The van der Waals surface area contributed by atoms with Gasteiger partial charge in [0.05, 0.1) is 6.42 Å². The molecule has 1 heterocycles. The van der Waals surface area contributed by atoms with E-state index in [-0.39, 0.29) is 18.4 Å². The van der Waals surface area contributed by atoms with Gasteiger partial charge in [-0.3, -0.25) is 4.79 Å². The Morgan fingerprint density at radius 2 is 1.80 bits per heavy atom. The minimum atomic E-state index is -0.774. The van der Waals surface area contributed by atoms with Crippen LogP contribution < -0.4 is 5.32 Å². The van der Waals surface area contributed by atoms with Crippen LogP contribution in [0.3, 0.4) is 0 Å². The lowest BCUT2D eigenvalue weighted by atomic mass is 9.83. The Kier molecular flexibility index (Phi) is 5.26. The largest absolute Gasteiger partial charge is 0.481 e. The molecule has 5 nitrogen and oxygen atoms in total. The van der Waals surface area contributed by atoms with Gasteiger partial charge in [0.25, 0.3) is 0 Å². The zero-order chi connectivity index (χ0) is 14.5. The Bertz CT molecular complexity index is 345. The van der Waals surface area contributed by atoms with Crippen molar-refractivity contribution in [1.29, 1.82) is 0 Å². The first-order valence-corrected chi connectivity index (χ1v) is 7.85.